The summed E-state index contributed by atoms with van der Waals surface area (Å²) in [7, 11) is 0. The molecule has 0 bridgehead atoms. The van der Waals surface area contributed by atoms with E-state index in [1.807, 2.05) is 0 Å². The maximum atomic E-state index is 14.0. The molecular weight excluding hydrogens is 433 g/mol. The minimum atomic E-state index is -0.973. The van der Waals surface area contributed by atoms with E-state index in [-0.39, 0.29) is 23.6 Å². The third-order valence-corrected chi connectivity index (χ3v) is 5.18. The summed E-state index contributed by atoms with van der Waals surface area (Å²) in [5, 5.41) is 3.82. The number of amides is 1. The highest BCUT2D eigenvalue weighted by atomic mass is 35.5. The highest BCUT2D eigenvalue weighted by Crippen LogP contribution is 2.33. The van der Waals surface area contributed by atoms with Gasteiger partial charge in [0.2, 0.25) is 5.78 Å². The molecule has 1 heterocycles. The second-order valence-corrected chi connectivity index (χ2v) is 7.51. The van der Waals surface area contributed by atoms with Crippen molar-refractivity contribution >= 4 is 39.9 Å². The number of benzene rings is 3. The van der Waals surface area contributed by atoms with E-state index >= 15 is 0 Å². The van der Waals surface area contributed by atoms with Crippen LogP contribution < -0.4 is 10.1 Å². The topological polar surface area (TPSA) is 68.5 Å². The van der Waals surface area contributed by atoms with E-state index in [1.54, 1.807) is 61.5 Å². The Labute approximate surface area is 188 Å². The Bertz CT molecular complexity index is 1280. The van der Waals surface area contributed by atoms with Crippen LogP contribution in [0.15, 0.2) is 77.2 Å². The molecule has 4 aromatic rings. The Kier molecular flexibility index (Phi) is 6.23. The standard InChI is InChI=1S/C25H19ClFNO4/c1-2-19(31-21-10-6-4-8-18(21)27)25(30)28-22-17-7-3-5-9-20(17)32-24(22)23(29)15-11-13-16(26)14-12-15/h3-14,19H,2H2,1H3,(H,28,30)/t19-/m0/s1. The number of nitrogens with one attached hydrogen (secondary N) is 1. The summed E-state index contributed by atoms with van der Waals surface area (Å²) in [4.78, 5) is 26.2. The molecule has 0 aliphatic carbocycles. The Morgan fingerprint density at radius 2 is 1.72 bits per heavy atom. The molecule has 5 nitrogen and oxygen atoms in total. The number of furan rings is 1. The van der Waals surface area contributed by atoms with E-state index in [4.69, 9.17) is 20.8 Å². The van der Waals surface area contributed by atoms with Crippen molar-refractivity contribution in [2.24, 2.45) is 0 Å². The second-order valence-electron chi connectivity index (χ2n) is 7.07. The van der Waals surface area contributed by atoms with Crippen LogP contribution in [0.4, 0.5) is 10.1 Å². The predicted octanol–water partition coefficient (Wildman–Crippen LogP) is 6.25. The van der Waals surface area contributed by atoms with E-state index in [9.17, 15) is 14.0 Å². The SMILES string of the molecule is CC[C@H](Oc1ccccc1F)C(=O)Nc1c(C(=O)c2ccc(Cl)cc2)oc2ccccc12. The molecule has 0 aliphatic heterocycles. The average Bonchev–Trinajstić information content (AvgIpc) is 3.17. The van der Waals surface area contributed by atoms with Gasteiger partial charge in [0.05, 0.1) is 5.69 Å². The molecule has 1 atom stereocenters. The molecule has 0 aliphatic rings. The zero-order valence-corrected chi connectivity index (χ0v) is 17.9. The number of ether oxygens (including phenoxy) is 1. The van der Waals surface area contributed by atoms with Crippen molar-refractivity contribution in [1.82, 2.24) is 0 Å². The van der Waals surface area contributed by atoms with Gasteiger partial charge in [-0.25, -0.2) is 4.39 Å². The van der Waals surface area contributed by atoms with Crippen LogP contribution in [0, 0.1) is 5.82 Å². The molecule has 0 fully saturated rings. The molecule has 3 aromatic carbocycles. The van der Waals surface area contributed by atoms with Gasteiger partial charge < -0.3 is 14.5 Å². The van der Waals surface area contributed by atoms with Crippen molar-refractivity contribution in [2.75, 3.05) is 5.32 Å². The lowest BCUT2D eigenvalue weighted by Gasteiger charge is -2.17. The number of para-hydroxylation sites is 2. The Hall–Kier alpha value is -3.64. The summed E-state index contributed by atoms with van der Waals surface area (Å²) < 4.78 is 25.4. The van der Waals surface area contributed by atoms with Gasteiger partial charge in [0.15, 0.2) is 23.4 Å². The van der Waals surface area contributed by atoms with Crippen molar-refractivity contribution < 1.29 is 23.1 Å². The van der Waals surface area contributed by atoms with E-state index in [2.05, 4.69) is 5.32 Å². The van der Waals surface area contributed by atoms with Gasteiger partial charge in [-0.2, -0.15) is 0 Å². The fourth-order valence-corrected chi connectivity index (χ4v) is 3.41. The number of halogens is 2. The minimum Gasteiger partial charge on any atom is -0.478 e. The van der Waals surface area contributed by atoms with Gasteiger partial charge in [-0.1, -0.05) is 42.8 Å². The number of ketones is 1. The van der Waals surface area contributed by atoms with E-state index in [1.165, 1.54) is 18.2 Å². The lowest BCUT2D eigenvalue weighted by Crippen LogP contribution is -2.33. The van der Waals surface area contributed by atoms with Crippen LogP contribution in [-0.2, 0) is 4.79 Å². The molecule has 7 heteroatoms. The van der Waals surface area contributed by atoms with Gasteiger partial charge in [0, 0.05) is 16.0 Å². The molecule has 0 saturated carbocycles. The number of carbonyl (C=O) groups is 2. The molecule has 0 unspecified atom stereocenters. The molecule has 1 aromatic heterocycles. The summed E-state index contributed by atoms with van der Waals surface area (Å²) in [5.41, 5.74) is 1.04. The molecule has 32 heavy (non-hydrogen) atoms. The van der Waals surface area contributed by atoms with Crippen LogP contribution in [0.25, 0.3) is 11.0 Å². The van der Waals surface area contributed by atoms with E-state index < -0.39 is 23.6 Å². The van der Waals surface area contributed by atoms with Crippen LogP contribution in [-0.4, -0.2) is 17.8 Å². The maximum Gasteiger partial charge on any atom is 0.265 e. The van der Waals surface area contributed by atoms with Gasteiger partial charge in [-0.15, -0.1) is 0 Å². The molecule has 1 amide bonds. The zero-order valence-electron chi connectivity index (χ0n) is 17.1. The summed E-state index contributed by atoms with van der Waals surface area (Å²) in [6.45, 7) is 1.75. The van der Waals surface area contributed by atoms with Crippen LogP contribution in [0.2, 0.25) is 5.02 Å². The van der Waals surface area contributed by atoms with Crippen molar-refractivity contribution in [3.8, 4) is 5.75 Å². The third kappa shape index (κ3) is 4.36. The molecule has 0 saturated heterocycles. The van der Waals surface area contributed by atoms with Crippen molar-refractivity contribution in [3.05, 3.63) is 95.0 Å². The van der Waals surface area contributed by atoms with Crippen LogP contribution in [0.1, 0.15) is 29.5 Å². The number of fused-ring (bicyclic) bond motifs is 1. The lowest BCUT2D eigenvalue weighted by molar-refractivity contribution is -0.122. The lowest BCUT2D eigenvalue weighted by atomic mass is 10.1. The predicted molar refractivity (Wildman–Crippen MR) is 121 cm³/mol. The second kappa shape index (κ2) is 9.24. The van der Waals surface area contributed by atoms with Crippen LogP contribution in [0.3, 0.4) is 0 Å². The molecule has 162 valence electrons. The first kappa shape index (κ1) is 21.6. The number of anilines is 1. The van der Waals surface area contributed by atoms with E-state index in [0.29, 0.717) is 21.6 Å². The van der Waals surface area contributed by atoms with Crippen LogP contribution in [0.5, 0.6) is 5.75 Å². The first-order chi connectivity index (χ1) is 15.5. The third-order valence-electron chi connectivity index (χ3n) is 4.93. The first-order valence-corrected chi connectivity index (χ1v) is 10.4. The van der Waals surface area contributed by atoms with E-state index in [0.717, 1.165) is 0 Å². The number of hydrogen-bond donors (Lipinski definition) is 1. The molecule has 0 spiro atoms. The fraction of sp³-hybridized carbons (Fsp3) is 0.120. The average molecular weight is 452 g/mol. The minimum absolute atomic E-state index is 0.0115. The first-order valence-electron chi connectivity index (χ1n) is 10.0. The smallest absolute Gasteiger partial charge is 0.265 e. The normalized spacial score (nSPS) is 11.8. The maximum absolute atomic E-state index is 14.0. The Balaban J connectivity index is 1.67. The number of hydrogen-bond acceptors (Lipinski definition) is 4. The fourth-order valence-electron chi connectivity index (χ4n) is 3.28. The molecule has 0 radical (unpaired) electrons. The van der Waals surface area contributed by atoms with Gasteiger partial charge in [0.25, 0.3) is 5.91 Å². The summed E-state index contributed by atoms with van der Waals surface area (Å²) in [5.74, 6) is -1.53. The summed E-state index contributed by atoms with van der Waals surface area (Å²) in [6, 6.07) is 19.2. The van der Waals surface area contributed by atoms with Gasteiger partial charge >= 0.3 is 0 Å². The summed E-state index contributed by atoms with van der Waals surface area (Å²) >= 11 is 5.92. The molecule has 1 N–H and O–H groups in total. The molecule has 4 rings (SSSR count). The van der Waals surface area contributed by atoms with Crippen LogP contribution >= 0.6 is 11.6 Å². The Morgan fingerprint density at radius 1 is 1.03 bits per heavy atom. The summed E-state index contributed by atoms with van der Waals surface area (Å²) in [6.07, 6.45) is -0.685. The highest BCUT2D eigenvalue weighted by Gasteiger charge is 2.27. The van der Waals surface area contributed by atoms with Crippen molar-refractivity contribution in [1.29, 1.82) is 0 Å². The van der Waals surface area contributed by atoms with Crippen molar-refractivity contribution in [2.45, 2.75) is 19.4 Å². The monoisotopic (exact) mass is 451 g/mol. The van der Waals surface area contributed by atoms with Gasteiger partial charge in [-0.05, 0) is 55.0 Å². The number of rotatable bonds is 7. The quantitative estimate of drug-likeness (QED) is 0.337. The largest absolute Gasteiger partial charge is 0.478 e. The van der Waals surface area contributed by atoms with Gasteiger partial charge in [0.1, 0.15) is 5.58 Å². The molecular formula is C25H19ClFNO4. The highest BCUT2D eigenvalue weighted by molar-refractivity contribution is 6.30. The zero-order chi connectivity index (χ0) is 22.7. The van der Waals surface area contributed by atoms with Gasteiger partial charge in [-0.3, -0.25) is 9.59 Å². The number of carbonyl (C=O) groups excluding carboxylic acids is 2. The van der Waals surface area contributed by atoms with Crippen molar-refractivity contribution in [3.63, 3.8) is 0 Å². The Morgan fingerprint density at radius 3 is 2.44 bits per heavy atom.